The van der Waals surface area contributed by atoms with E-state index in [9.17, 15) is 14.4 Å². The molecule has 5 nitrogen and oxygen atoms in total. The van der Waals surface area contributed by atoms with E-state index in [1.807, 2.05) is 21.1 Å². The Morgan fingerprint density at radius 3 is 2.26 bits per heavy atom. The van der Waals surface area contributed by atoms with Crippen molar-refractivity contribution >= 4 is 29.1 Å². The number of carbonyl (C=O) groups excluding carboxylic acids is 3. The lowest BCUT2D eigenvalue weighted by Crippen LogP contribution is -2.46. The van der Waals surface area contributed by atoms with Gasteiger partial charge in [-0.05, 0) is 23.8 Å². The molecule has 0 radical (unpaired) electrons. The van der Waals surface area contributed by atoms with Gasteiger partial charge in [0.1, 0.15) is 6.61 Å². The fourth-order valence-electron chi connectivity index (χ4n) is 3.29. The molecule has 0 spiro atoms. The van der Waals surface area contributed by atoms with Crippen LogP contribution in [-0.4, -0.2) is 56.3 Å². The molecule has 0 heterocycles. The van der Waals surface area contributed by atoms with Crippen LogP contribution in [0, 0.1) is 0 Å². The maximum absolute atomic E-state index is 13.3. The standard InChI is InChI=1S/C21H21ClNO4/c1-23(2,3)12-18(24)27-13-21(14-7-5-4-6-8-14)19(25)16-10-9-15(22)11-17(16)20(21)26/h4-11H,12-13H2,1-3H3/q+1. The van der Waals surface area contributed by atoms with Gasteiger partial charge in [-0.1, -0.05) is 41.9 Å². The number of likely N-dealkylation sites (N-methyl/N-ethyl adjacent to an activating group) is 1. The molecule has 0 saturated heterocycles. The van der Waals surface area contributed by atoms with Crippen molar-refractivity contribution in [2.75, 3.05) is 34.3 Å². The van der Waals surface area contributed by atoms with Crippen LogP contribution < -0.4 is 0 Å². The summed E-state index contributed by atoms with van der Waals surface area (Å²) < 4.78 is 5.82. The third-order valence-corrected chi connectivity index (χ3v) is 4.80. The van der Waals surface area contributed by atoms with Gasteiger partial charge in [0.15, 0.2) is 23.5 Å². The van der Waals surface area contributed by atoms with Crippen molar-refractivity contribution in [1.29, 1.82) is 0 Å². The van der Waals surface area contributed by atoms with E-state index in [4.69, 9.17) is 16.3 Å². The van der Waals surface area contributed by atoms with Crippen LogP contribution in [0.3, 0.4) is 0 Å². The number of hydrogen-bond acceptors (Lipinski definition) is 4. The van der Waals surface area contributed by atoms with Gasteiger partial charge < -0.3 is 9.22 Å². The third kappa shape index (κ3) is 3.53. The maximum atomic E-state index is 13.3. The fourth-order valence-corrected chi connectivity index (χ4v) is 3.46. The van der Waals surface area contributed by atoms with E-state index in [1.165, 1.54) is 6.07 Å². The summed E-state index contributed by atoms with van der Waals surface area (Å²) in [7, 11) is 5.58. The van der Waals surface area contributed by atoms with Crippen LogP contribution in [0.1, 0.15) is 26.3 Å². The smallest absolute Gasteiger partial charge is 0.361 e. The Kier molecular flexibility index (Phi) is 4.93. The summed E-state index contributed by atoms with van der Waals surface area (Å²) in [6.07, 6.45) is 0. The molecule has 2 aromatic rings. The average Bonchev–Trinajstić information content (AvgIpc) is 2.81. The number of rotatable bonds is 5. The molecule has 140 valence electrons. The highest BCUT2D eigenvalue weighted by Gasteiger charge is 2.55. The first-order chi connectivity index (χ1) is 12.6. The Labute approximate surface area is 163 Å². The Balaban J connectivity index is 2.02. The summed E-state index contributed by atoms with van der Waals surface area (Å²) in [6, 6.07) is 13.3. The number of halogens is 1. The minimum absolute atomic E-state index is 0.131. The molecule has 1 atom stereocenters. The van der Waals surface area contributed by atoms with Gasteiger partial charge in [-0.2, -0.15) is 0 Å². The molecule has 1 aliphatic rings. The molecule has 0 amide bonds. The molecule has 0 saturated carbocycles. The summed E-state index contributed by atoms with van der Waals surface area (Å²) in [5, 5.41) is 0.376. The number of ketones is 2. The van der Waals surface area contributed by atoms with Crippen LogP contribution in [0.2, 0.25) is 5.02 Å². The summed E-state index contributed by atoms with van der Waals surface area (Å²) in [4.78, 5) is 38.8. The summed E-state index contributed by atoms with van der Waals surface area (Å²) in [5.41, 5.74) is -0.505. The van der Waals surface area contributed by atoms with E-state index in [2.05, 4.69) is 0 Å². The Bertz CT molecular complexity index is 918. The topological polar surface area (TPSA) is 60.4 Å². The molecule has 0 aromatic heterocycles. The Morgan fingerprint density at radius 1 is 1.00 bits per heavy atom. The maximum Gasteiger partial charge on any atom is 0.361 e. The molecule has 1 unspecified atom stereocenters. The molecule has 3 rings (SSSR count). The van der Waals surface area contributed by atoms with Crippen molar-refractivity contribution in [3.63, 3.8) is 0 Å². The lowest BCUT2D eigenvalue weighted by molar-refractivity contribution is -0.862. The number of quaternary nitrogens is 1. The number of carbonyl (C=O) groups is 3. The van der Waals surface area contributed by atoms with Crippen molar-refractivity contribution in [1.82, 2.24) is 0 Å². The highest BCUT2D eigenvalue weighted by molar-refractivity contribution is 6.36. The predicted molar refractivity (Wildman–Crippen MR) is 102 cm³/mol. The van der Waals surface area contributed by atoms with E-state index >= 15 is 0 Å². The summed E-state index contributed by atoms with van der Waals surface area (Å²) >= 11 is 6.02. The summed E-state index contributed by atoms with van der Waals surface area (Å²) in [6.45, 7) is -0.203. The number of benzene rings is 2. The minimum Gasteiger partial charge on any atom is -0.460 e. The molecular weight excluding hydrogens is 366 g/mol. The van der Waals surface area contributed by atoms with Crippen LogP contribution in [0.4, 0.5) is 0 Å². The molecule has 27 heavy (non-hydrogen) atoms. The third-order valence-electron chi connectivity index (χ3n) is 4.57. The number of esters is 1. The van der Waals surface area contributed by atoms with Gasteiger partial charge >= 0.3 is 5.97 Å². The van der Waals surface area contributed by atoms with Crippen molar-refractivity contribution in [3.05, 3.63) is 70.2 Å². The normalized spacial score (nSPS) is 19.1. The molecule has 0 bridgehead atoms. The first kappa shape index (κ1) is 19.3. The minimum atomic E-state index is -1.57. The SMILES string of the molecule is C[N+](C)(C)CC(=O)OCC1(c2ccccc2)C(=O)c2ccc(Cl)cc2C1=O. The average molecular weight is 387 g/mol. The zero-order chi connectivity index (χ0) is 19.8. The van der Waals surface area contributed by atoms with Gasteiger partial charge in [-0.15, -0.1) is 0 Å². The van der Waals surface area contributed by atoms with Crippen LogP contribution in [0.25, 0.3) is 0 Å². The van der Waals surface area contributed by atoms with Gasteiger partial charge in [0, 0.05) is 16.1 Å². The first-order valence-corrected chi connectivity index (χ1v) is 8.94. The lowest BCUT2D eigenvalue weighted by Gasteiger charge is -2.27. The van der Waals surface area contributed by atoms with Crippen molar-refractivity contribution in [3.8, 4) is 0 Å². The van der Waals surface area contributed by atoms with E-state index in [1.54, 1.807) is 42.5 Å². The number of nitrogens with zero attached hydrogens (tertiary/aromatic N) is 1. The Hall–Kier alpha value is -2.50. The van der Waals surface area contributed by atoms with E-state index in [0.717, 1.165) is 0 Å². The van der Waals surface area contributed by atoms with Crippen LogP contribution in [-0.2, 0) is 14.9 Å². The number of fused-ring (bicyclic) bond motifs is 1. The molecule has 0 aliphatic heterocycles. The molecule has 2 aromatic carbocycles. The van der Waals surface area contributed by atoms with Gasteiger partial charge in [0.05, 0.1) is 21.1 Å². The highest BCUT2D eigenvalue weighted by atomic mass is 35.5. The summed E-state index contributed by atoms with van der Waals surface area (Å²) in [5.74, 6) is -1.23. The van der Waals surface area contributed by atoms with E-state index in [0.29, 0.717) is 20.6 Å². The van der Waals surface area contributed by atoms with Crippen LogP contribution in [0.15, 0.2) is 48.5 Å². The van der Waals surface area contributed by atoms with Crippen molar-refractivity contribution < 1.29 is 23.6 Å². The highest BCUT2D eigenvalue weighted by Crippen LogP contribution is 2.41. The number of ether oxygens (including phenoxy) is 1. The van der Waals surface area contributed by atoms with Crippen molar-refractivity contribution in [2.24, 2.45) is 0 Å². The van der Waals surface area contributed by atoms with E-state index < -0.39 is 17.2 Å². The molecule has 6 heteroatoms. The largest absolute Gasteiger partial charge is 0.460 e. The fraction of sp³-hybridized carbons (Fsp3) is 0.286. The van der Waals surface area contributed by atoms with Gasteiger partial charge in [-0.25, -0.2) is 4.79 Å². The van der Waals surface area contributed by atoms with Crippen LogP contribution in [0.5, 0.6) is 0 Å². The molecule has 0 N–H and O–H groups in total. The van der Waals surface area contributed by atoms with Gasteiger partial charge in [0.2, 0.25) is 0 Å². The molecule has 0 fully saturated rings. The van der Waals surface area contributed by atoms with Gasteiger partial charge in [-0.3, -0.25) is 9.59 Å². The second kappa shape index (κ2) is 6.91. The lowest BCUT2D eigenvalue weighted by atomic mass is 9.76. The monoisotopic (exact) mass is 386 g/mol. The van der Waals surface area contributed by atoms with Gasteiger partial charge in [0.25, 0.3) is 0 Å². The first-order valence-electron chi connectivity index (χ1n) is 8.56. The molecule has 1 aliphatic carbocycles. The second-order valence-electron chi connectivity index (χ2n) is 7.73. The van der Waals surface area contributed by atoms with Crippen molar-refractivity contribution in [2.45, 2.75) is 5.41 Å². The quantitative estimate of drug-likeness (QED) is 0.450. The zero-order valence-corrected chi connectivity index (χ0v) is 16.2. The number of Topliss-reactive ketones (excluding diaryl/α,β-unsaturated/α-hetero) is 2. The van der Waals surface area contributed by atoms with Crippen LogP contribution >= 0.6 is 11.6 Å². The predicted octanol–water partition coefficient (Wildman–Crippen LogP) is 2.91. The van der Waals surface area contributed by atoms with E-state index in [-0.39, 0.29) is 24.5 Å². The number of hydrogen-bond donors (Lipinski definition) is 0. The second-order valence-corrected chi connectivity index (χ2v) is 8.17. The molecular formula is C21H21ClNO4+. The zero-order valence-electron chi connectivity index (χ0n) is 15.5. The Morgan fingerprint density at radius 2 is 1.63 bits per heavy atom.